The van der Waals surface area contributed by atoms with Crippen LogP contribution in [-0.2, 0) is 6.61 Å². The smallest absolute Gasteiger partial charge is 0.0717 e. The molecule has 0 saturated heterocycles. The fourth-order valence-corrected chi connectivity index (χ4v) is 1.97. The van der Waals surface area contributed by atoms with E-state index in [9.17, 15) is 5.11 Å². The van der Waals surface area contributed by atoms with Gasteiger partial charge in [0.1, 0.15) is 0 Å². The lowest BCUT2D eigenvalue weighted by Gasteiger charge is -2.29. The summed E-state index contributed by atoms with van der Waals surface area (Å²) in [6.45, 7) is 4.18. The number of aromatic nitrogens is 1. The van der Waals surface area contributed by atoms with Gasteiger partial charge in [-0.05, 0) is 19.4 Å². The Labute approximate surface area is 90.1 Å². The lowest BCUT2D eigenvalue weighted by atomic mass is 10.1. The van der Waals surface area contributed by atoms with Crippen molar-refractivity contribution in [1.82, 2.24) is 4.98 Å². The van der Waals surface area contributed by atoms with E-state index in [4.69, 9.17) is 0 Å². The van der Waals surface area contributed by atoms with Crippen LogP contribution >= 0.6 is 0 Å². The summed E-state index contributed by atoms with van der Waals surface area (Å²) in [7, 11) is 0. The van der Waals surface area contributed by atoms with E-state index in [0.717, 1.165) is 30.8 Å². The molecule has 2 heterocycles. The third-order valence-electron chi connectivity index (χ3n) is 2.72. The molecule has 3 heteroatoms. The summed E-state index contributed by atoms with van der Waals surface area (Å²) in [6.07, 6.45) is 6.88. The number of anilines is 1. The molecular weight excluding hydrogens is 188 g/mol. The van der Waals surface area contributed by atoms with Gasteiger partial charge in [0.05, 0.1) is 6.61 Å². The minimum absolute atomic E-state index is 0.0580. The van der Waals surface area contributed by atoms with E-state index in [1.165, 1.54) is 5.57 Å². The van der Waals surface area contributed by atoms with Crippen LogP contribution in [0.3, 0.4) is 0 Å². The van der Waals surface area contributed by atoms with E-state index in [1.807, 2.05) is 6.07 Å². The quantitative estimate of drug-likeness (QED) is 0.745. The Morgan fingerprint density at radius 1 is 1.53 bits per heavy atom. The molecule has 0 bridgehead atoms. The van der Waals surface area contributed by atoms with E-state index in [1.54, 1.807) is 12.4 Å². The lowest BCUT2D eigenvalue weighted by Crippen LogP contribution is -2.30. The molecular formula is C12H16N2O. The molecule has 1 aliphatic rings. The Kier molecular flexibility index (Phi) is 3.02. The maximum absolute atomic E-state index is 9.23. The maximum atomic E-state index is 9.23. The van der Waals surface area contributed by atoms with Crippen molar-refractivity contribution in [3.05, 3.63) is 35.7 Å². The molecule has 0 unspecified atom stereocenters. The number of aliphatic hydroxyl groups is 1. The molecule has 0 atom stereocenters. The largest absolute Gasteiger partial charge is 0.392 e. The van der Waals surface area contributed by atoms with Gasteiger partial charge in [0.15, 0.2) is 0 Å². The van der Waals surface area contributed by atoms with Gasteiger partial charge < -0.3 is 10.0 Å². The molecule has 1 aromatic heterocycles. The van der Waals surface area contributed by atoms with Gasteiger partial charge in [0.25, 0.3) is 0 Å². The number of hydrogen-bond donors (Lipinski definition) is 1. The molecule has 80 valence electrons. The SMILES string of the molecule is CC1=CCCN(c2ccncc2CO)C1. The van der Waals surface area contributed by atoms with Crippen LogP contribution in [0.4, 0.5) is 5.69 Å². The molecule has 1 N–H and O–H groups in total. The third-order valence-corrected chi connectivity index (χ3v) is 2.72. The van der Waals surface area contributed by atoms with Crippen molar-refractivity contribution < 1.29 is 5.11 Å². The second-order valence-electron chi connectivity index (χ2n) is 3.92. The highest BCUT2D eigenvalue weighted by molar-refractivity contribution is 5.53. The number of pyridine rings is 1. The summed E-state index contributed by atoms with van der Waals surface area (Å²) >= 11 is 0. The lowest BCUT2D eigenvalue weighted by molar-refractivity contribution is 0.281. The van der Waals surface area contributed by atoms with Crippen LogP contribution in [0, 0.1) is 0 Å². The minimum atomic E-state index is 0.0580. The summed E-state index contributed by atoms with van der Waals surface area (Å²) in [6, 6.07) is 1.98. The van der Waals surface area contributed by atoms with Crippen LogP contribution in [0.1, 0.15) is 18.9 Å². The molecule has 0 saturated carbocycles. The summed E-state index contributed by atoms with van der Waals surface area (Å²) < 4.78 is 0. The van der Waals surface area contributed by atoms with Gasteiger partial charge in [-0.3, -0.25) is 4.98 Å². The molecule has 1 aromatic rings. The second kappa shape index (κ2) is 4.45. The highest BCUT2D eigenvalue weighted by Crippen LogP contribution is 2.22. The van der Waals surface area contributed by atoms with E-state index in [0.29, 0.717) is 0 Å². The van der Waals surface area contributed by atoms with Gasteiger partial charge in [-0.25, -0.2) is 0 Å². The number of hydrogen-bond acceptors (Lipinski definition) is 3. The van der Waals surface area contributed by atoms with E-state index < -0.39 is 0 Å². The first-order valence-electron chi connectivity index (χ1n) is 5.25. The number of aliphatic hydroxyl groups excluding tert-OH is 1. The molecule has 15 heavy (non-hydrogen) atoms. The van der Waals surface area contributed by atoms with Crippen LogP contribution in [0.5, 0.6) is 0 Å². The zero-order chi connectivity index (χ0) is 10.7. The highest BCUT2D eigenvalue weighted by atomic mass is 16.3. The molecule has 0 fully saturated rings. The summed E-state index contributed by atoms with van der Waals surface area (Å²) in [5.41, 5.74) is 3.41. The van der Waals surface area contributed by atoms with Crippen molar-refractivity contribution in [2.45, 2.75) is 20.0 Å². The second-order valence-corrected chi connectivity index (χ2v) is 3.92. The zero-order valence-corrected chi connectivity index (χ0v) is 8.98. The van der Waals surface area contributed by atoms with Crippen molar-refractivity contribution in [2.24, 2.45) is 0 Å². The molecule has 1 aliphatic heterocycles. The predicted octanol–water partition coefficient (Wildman–Crippen LogP) is 1.73. The highest BCUT2D eigenvalue weighted by Gasteiger charge is 2.13. The van der Waals surface area contributed by atoms with Crippen molar-refractivity contribution in [3.63, 3.8) is 0 Å². The van der Waals surface area contributed by atoms with Crippen LogP contribution < -0.4 is 4.90 Å². The van der Waals surface area contributed by atoms with Crippen molar-refractivity contribution in [2.75, 3.05) is 18.0 Å². The summed E-state index contributed by atoms with van der Waals surface area (Å²) in [5.74, 6) is 0. The van der Waals surface area contributed by atoms with Crippen LogP contribution in [-0.4, -0.2) is 23.2 Å². The van der Waals surface area contributed by atoms with Gasteiger partial charge >= 0.3 is 0 Å². The fraction of sp³-hybridized carbons (Fsp3) is 0.417. The van der Waals surface area contributed by atoms with Gasteiger partial charge in [0, 0.05) is 36.7 Å². The van der Waals surface area contributed by atoms with Crippen molar-refractivity contribution in [1.29, 1.82) is 0 Å². The van der Waals surface area contributed by atoms with E-state index in [2.05, 4.69) is 22.9 Å². The van der Waals surface area contributed by atoms with E-state index in [-0.39, 0.29) is 6.61 Å². The van der Waals surface area contributed by atoms with Crippen LogP contribution in [0.2, 0.25) is 0 Å². The third kappa shape index (κ3) is 2.18. The maximum Gasteiger partial charge on any atom is 0.0717 e. The Hall–Kier alpha value is -1.35. The van der Waals surface area contributed by atoms with Crippen molar-refractivity contribution in [3.8, 4) is 0 Å². The Morgan fingerprint density at radius 2 is 2.40 bits per heavy atom. The van der Waals surface area contributed by atoms with Crippen LogP contribution in [0.15, 0.2) is 30.1 Å². The monoisotopic (exact) mass is 204 g/mol. The molecule has 3 nitrogen and oxygen atoms in total. The summed E-state index contributed by atoms with van der Waals surface area (Å²) in [4.78, 5) is 6.32. The molecule has 0 radical (unpaired) electrons. The van der Waals surface area contributed by atoms with Gasteiger partial charge in [-0.2, -0.15) is 0 Å². The Balaban J connectivity index is 2.25. The fourth-order valence-electron chi connectivity index (χ4n) is 1.97. The average Bonchev–Trinajstić information content (AvgIpc) is 2.29. The molecule has 0 amide bonds. The first-order chi connectivity index (χ1) is 7.31. The number of rotatable bonds is 2. The van der Waals surface area contributed by atoms with Gasteiger partial charge in [-0.15, -0.1) is 0 Å². The van der Waals surface area contributed by atoms with Crippen molar-refractivity contribution >= 4 is 5.69 Å². The van der Waals surface area contributed by atoms with Crippen LogP contribution in [0.25, 0.3) is 0 Å². The number of nitrogens with zero attached hydrogens (tertiary/aromatic N) is 2. The summed E-state index contributed by atoms with van der Waals surface area (Å²) in [5, 5.41) is 9.23. The van der Waals surface area contributed by atoms with E-state index >= 15 is 0 Å². The molecule has 0 aromatic carbocycles. The first kappa shape index (κ1) is 10.2. The standard InChI is InChI=1S/C12H16N2O/c1-10-3-2-6-14(8-10)12-4-5-13-7-11(12)9-15/h3-5,7,15H,2,6,8-9H2,1H3. The topological polar surface area (TPSA) is 36.4 Å². The average molecular weight is 204 g/mol. The molecule has 0 spiro atoms. The Bertz CT molecular complexity index is 374. The Morgan fingerprint density at radius 3 is 3.13 bits per heavy atom. The van der Waals surface area contributed by atoms with Gasteiger partial charge in [0.2, 0.25) is 0 Å². The normalized spacial score (nSPS) is 16.4. The zero-order valence-electron chi connectivity index (χ0n) is 8.98. The first-order valence-corrected chi connectivity index (χ1v) is 5.25. The molecule has 0 aliphatic carbocycles. The predicted molar refractivity (Wildman–Crippen MR) is 60.7 cm³/mol. The van der Waals surface area contributed by atoms with Gasteiger partial charge in [-0.1, -0.05) is 11.6 Å². The minimum Gasteiger partial charge on any atom is -0.392 e. The molecule has 2 rings (SSSR count).